The fourth-order valence-electron chi connectivity index (χ4n) is 2.72. The molecule has 1 aromatic heterocycles. The van der Waals surface area contributed by atoms with E-state index in [0.717, 1.165) is 11.3 Å². The summed E-state index contributed by atoms with van der Waals surface area (Å²) in [6.45, 7) is 0. The lowest BCUT2D eigenvalue weighted by molar-refractivity contribution is 0.0950. The molecule has 9 nitrogen and oxygen atoms in total. The molecule has 0 unspecified atom stereocenters. The Labute approximate surface area is 173 Å². The van der Waals surface area contributed by atoms with Gasteiger partial charge in [-0.15, -0.1) is 0 Å². The molecule has 30 heavy (non-hydrogen) atoms. The van der Waals surface area contributed by atoms with Gasteiger partial charge in [0.25, 0.3) is 5.91 Å². The smallest absolute Gasteiger partial charge is 0.289 e. The van der Waals surface area contributed by atoms with E-state index >= 15 is 0 Å². The fraction of sp³-hybridized carbons (Fsp3) is 0.190. The number of aromatic amines is 1. The molecule has 3 aromatic rings. The highest BCUT2D eigenvalue weighted by Crippen LogP contribution is 2.33. The average molecular weight is 410 g/mol. The highest BCUT2D eigenvalue weighted by atomic mass is 16.5. The molecule has 0 fully saturated rings. The van der Waals surface area contributed by atoms with Crippen LogP contribution in [0.25, 0.3) is 11.3 Å². The number of nitrogens with one attached hydrogen (secondary N) is 2. The Morgan fingerprint density at radius 2 is 1.60 bits per heavy atom. The summed E-state index contributed by atoms with van der Waals surface area (Å²) in [5.74, 6) is 1.88. The second-order valence-corrected chi connectivity index (χ2v) is 6.04. The number of amides is 1. The summed E-state index contributed by atoms with van der Waals surface area (Å²) < 4.78 is 21.0. The van der Waals surface area contributed by atoms with Gasteiger partial charge < -0.3 is 18.9 Å². The van der Waals surface area contributed by atoms with E-state index in [9.17, 15) is 4.79 Å². The number of aromatic nitrogens is 2. The van der Waals surface area contributed by atoms with Crippen LogP contribution in [0.2, 0.25) is 0 Å². The number of carbonyl (C=O) groups is 1. The van der Waals surface area contributed by atoms with Gasteiger partial charge in [0.1, 0.15) is 17.2 Å². The molecule has 0 saturated heterocycles. The number of H-pyrrole nitrogens is 1. The molecule has 0 bridgehead atoms. The lowest BCUT2D eigenvalue weighted by Crippen LogP contribution is -2.18. The highest BCUT2D eigenvalue weighted by molar-refractivity contribution is 5.94. The lowest BCUT2D eigenvalue weighted by Gasteiger charge is -2.11. The van der Waals surface area contributed by atoms with Crippen LogP contribution in [0.1, 0.15) is 16.1 Å². The molecule has 3 rings (SSSR count). The molecular weight excluding hydrogens is 388 g/mol. The third-order valence-electron chi connectivity index (χ3n) is 4.31. The van der Waals surface area contributed by atoms with Gasteiger partial charge in [-0.1, -0.05) is 0 Å². The van der Waals surface area contributed by atoms with Crippen LogP contribution >= 0.6 is 0 Å². The second kappa shape index (κ2) is 9.46. The van der Waals surface area contributed by atoms with Gasteiger partial charge in [0, 0.05) is 17.2 Å². The van der Waals surface area contributed by atoms with Crippen molar-refractivity contribution >= 4 is 12.1 Å². The van der Waals surface area contributed by atoms with Crippen molar-refractivity contribution in [1.29, 1.82) is 0 Å². The van der Waals surface area contributed by atoms with E-state index < -0.39 is 5.91 Å². The molecule has 156 valence electrons. The molecule has 2 N–H and O–H groups in total. The lowest BCUT2D eigenvalue weighted by atomic mass is 10.1. The first-order valence-electron chi connectivity index (χ1n) is 8.92. The quantitative estimate of drug-likeness (QED) is 0.437. The van der Waals surface area contributed by atoms with Crippen molar-refractivity contribution in [1.82, 2.24) is 15.6 Å². The molecule has 9 heteroatoms. The zero-order chi connectivity index (χ0) is 21.5. The van der Waals surface area contributed by atoms with Gasteiger partial charge in [0.15, 0.2) is 11.5 Å². The van der Waals surface area contributed by atoms with Gasteiger partial charge in [-0.2, -0.15) is 10.2 Å². The molecule has 0 aliphatic carbocycles. The number of methoxy groups -OCH3 is 4. The molecule has 0 saturated carbocycles. The molecule has 0 atom stereocenters. The molecule has 1 heterocycles. The first-order valence-corrected chi connectivity index (χ1v) is 8.92. The number of ether oxygens (including phenoxy) is 4. The van der Waals surface area contributed by atoms with Crippen molar-refractivity contribution in [2.24, 2.45) is 5.10 Å². The summed E-state index contributed by atoms with van der Waals surface area (Å²) in [4.78, 5) is 12.4. The van der Waals surface area contributed by atoms with Crippen molar-refractivity contribution in [3.05, 3.63) is 53.7 Å². The van der Waals surface area contributed by atoms with E-state index in [-0.39, 0.29) is 5.69 Å². The predicted molar refractivity (Wildman–Crippen MR) is 112 cm³/mol. The predicted octanol–water partition coefficient (Wildman–Crippen LogP) is 2.88. The molecule has 1 amide bonds. The number of carbonyl (C=O) groups excluding carboxylic acids is 1. The van der Waals surface area contributed by atoms with Crippen molar-refractivity contribution < 1.29 is 23.7 Å². The van der Waals surface area contributed by atoms with Crippen LogP contribution in [0.5, 0.6) is 23.0 Å². The van der Waals surface area contributed by atoms with Crippen LogP contribution in [0.4, 0.5) is 0 Å². The van der Waals surface area contributed by atoms with Crippen LogP contribution in [0, 0.1) is 0 Å². The van der Waals surface area contributed by atoms with E-state index in [0.29, 0.717) is 28.5 Å². The average Bonchev–Trinajstić information content (AvgIpc) is 3.29. The van der Waals surface area contributed by atoms with Gasteiger partial charge in [0.2, 0.25) is 0 Å². The number of hydrogen-bond donors (Lipinski definition) is 2. The normalized spacial score (nSPS) is 10.7. The Kier molecular flexibility index (Phi) is 6.53. The largest absolute Gasteiger partial charge is 0.497 e. The zero-order valence-electron chi connectivity index (χ0n) is 17.1. The molecule has 0 aliphatic heterocycles. The first kappa shape index (κ1) is 20.7. The molecule has 2 aromatic carbocycles. The van der Waals surface area contributed by atoms with E-state index in [2.05, 4.69) is 20.7 Å². The summed E-state index contributed by atoms with van der Waals surface area (Å²) in [6, 6.07) is 12.4. The van der Waals surface area contributed by atoms with Crippen molar-refractivity contribution in [3.8, 4) is 34.3 Å². The SMILES string of the molecule is COc1ccc(-c2cc(C(=O)NN=Cc3cc(OC)c(OC)cc3OC)[nH]n2)cc1. The minimum atomic E-state index is -0.432. The van der Waals surface area contributed by atoms with E-state index in [1.807, 2.05) is 24.3 Å². The summed E-state index contributed by atoms with van der Waals surface area (Å²) in [5, 5.41) is 10.9. The number of hydrazone groups is 1. The summed E-state index contributed by atoms with van der Waals surface area (Å²) in [7, 11) is 6.20. The standard InChI is InChI=1S/C21H22N4O5/c1-27-15-7-5-13(6-8-15)16-10-17(24-23-16)21(26)25-22-12-14-9-19(29-3)20(30-4)11-18(14)28-2/h5-12H,1-4H3,(H,23,24)(H,25,26). The Morgan fingerprint density at radius 1 is 0.933 bits per heavy atom. The van der Waals surface area contributed by atoms with Gasteiger partial charge in [-0.25, -0.2) is 5.43 Å². The third-order valence-corrected chi connectivity index (χ3v) is 4.31. The highest BCUT2D eigenvalue weighted by Gasteiger charge is 2.12. The van der Waals surface area contributed by atoms with Crippen LogP contribution in [-0.4, -0.2) is 50.8 Å². The monoisotopic (exact) mass is 410 g/mol. The van der Waals surface area contributed by atoms with Crippen LogP contribution < -0.4 is 24.4 Å². The molecule has 0 aliphatic rings. The van der Waals surface area contributed by atoms with Gasteiger partial charge in [-0.05, 0) is 36.4 Å². The molecular formula is C21H22N4O5. The van der Waals surface area contributed by atoms with Crippen LogP contribution in [0.15, 0.2) is 47.6 Å². The number of nitrogens with zero attached hydrogens (tertiary/aromatic N) is 2. The number of rotatable bonds is 8. The maximum Gasteiger partial charge on any atom is 0.289 e. The molecule has 0 radical (unpaired) electrons. The zero-order valence-corrected chi connectivity index (χ0v) is 17.1. The van der Waals surface area contributed by atoms with Crippen molar-refractivity contribution in [2.45, 2.75) is 0 Å². The van der Waals surface area contributed by atoms with Crippen LogP contribution in [-0.2, 0) is 0 Å². The Bertz CT molecular complexity index is 1040. The summed E-state index contributed by atoms with van der Waals surface area (Å²) in [5.41, 5.74) is 4.83. The van der Waals surface area contributed by atoms with Gasteiger partial charge in [0.05, 0.1) is 40.3 Å². The Balaban J connectivity index is 1.71. The minimum absolute atomic E-state index is 0.275. The minimum Gasteiger partial charge on any atom is -0.497 e. The van der Waals surface area contributed by atoms with Crippen LogP contribution in [0.3, 0.4) is 0 Å². The van der Waals surface area contributed by atoms with E-state index in [1.165, 1.54) is 27.5 Å². The van der Waals surface area contributed by atoms with Gasteiger partial charge in [-0.3, -0.25) is 9.89 Å². The van der Waals surface area contributed by atoms with Gasteiger partial charge >= 0.3 is 0 Å². The summed E-state index contributed by atoms with van der Waals surface area (Å²) >= 11 is 0. The van der Waals surface area contributed by atoms with E-state index in [1.54, 1.807) is 25.3 Å². The number of hydrogen-bond acceptors (Lipinski definition) is 7. The van der Waals surface area contributed by atoms with Crippen molar-refractivity contribution in [2.75, 3.05) is 28.4 Å². The first-order chi connectivity index (χ1) is 14.6. The third kappa shape index (κ3) is 4.52. The molecule has 0 spiro atoms. The summed E-state index contributed by atoms with van der Waals surface area (Å²) in [6.07, 6.45) is 1.46. The second-order valence-electron chi connectivity index (χ2n) is 6.04. The topological polar surface area (TPSA) is 107 Å². The van der Waals surface area contributed by atoms with Crippen molar-refractivity contribution in [3.63, 3.8) is 0 Å². The maximum absolute atomic E-state index is 12.4. The maximum atomic E-state index is 12.4. The Morgan fingerprint density at radius 3 is 2.23 bits per heavy atom. The Hall–Kier alpha value is -4.01. The fourth-order valence-corrected chi connectivity index (χ4v) is 2.72. The number of benzene rings is 2. The van der Waals surface area contributed by atoms with E-state index in [4.69, 9.17) is 18.9 Å².